The first-order valence-corrected chi connectivity index (χ1v) is 7.22. The lowest BCUT2D eigenvalue weighted by Crippen LogP contribution is -2.39. The van der Waals surface area contributed by atoms with Crippen LogP contribution in [0.1, 0.15) is 50.5 Å². The van der Waals surface area contributed by atoms with Gasteiger partial charge >= 0.3 is 0 Å². The van der Waals surface area contributed by atoms with E-state index in [1.807, 2.05) is 12.1 Å². The summed E-state index contributed by atoms with van der Waals surface area (Å²) in [5.74, 6) is 0.655. The van der Waals surface area contributed by atoms with Crippen molar-refractivity contribution in [2.75, 3.05) is 11.9 Å². The van der Waals surface area contributed by atoms with Crippen molar-refractivity contribution in [2.45, 2.75) is 51.0 Å². The van der Waals surface area contributed by atoms with Crippen LogP contribution in [0.25, 0.3) is 0 Å². The minimum Gasteiger partial charge on any atom is -0.320 e. The monoisotopic (exact) mass is 260 g/mol. The van der Waals surface area contributed by atoms with Crippen molar-refractivity contribution >= 4 is 11.6 Å². The van der Waals surface area contributed by atoms with Gasteiger partial charge in [-0.25, -0.2) is 0 Å². The summed E-state index contributed by atoms with van der Waals surface area (Å²) in [4.78, 5) is 13.5. The van der Waals surface area contributed by atoms with E-state index in [1.165, 1.54) is 37.7 Å². The van der Waals surface area contributed by atoms with Crippen LogP contribution < -0.4 is 10.6 Å². The van der Waals surface area contributed by atoms with E-state index in [2.05, 4.69) is 12.1 Å². The minimum absolute atomic E-state index is 0.0505. The molecule has 19 heavy (non-hydrogen) atoms. The van der Waals surface area contributed by atoms with Crippen LogP contribution in [-0.2, 0) is 4.79 Å². The van der Waals surface area contributed by atoms with E-state index >= 15 is 0 Å². The van der Waals surface area contributed by atoms with E-state index in [4.69, 9.17) is 5.73 Å². The molecule has 0 heterocycles. The molecule has 3 nitrogen and oxygen atoms in total. The second-order valence-corrected chi connectivity index (χ2v) is 5.61. The molecule has 2 N–H and O–H groups in total. The largest absolute Gasteiger partial charge is 0.320 e. The van der Waals surface area contributed by atoms with E-state index in [-0.39, 0.29) is 5.91 Å². The Morgan fingerprint density at radius 1 is 1.21 bits per heavy atom. The lowest BCUT2D eigenvalue weighted by Gasteiger charge is -2.23. The molecule has 1 fully saturated rings. The fraction of sp³-hybridized carbons (Fsp3) is 0.562. The molecule has 3 heteroatoms. The fourth-order valence-electron chi connectivity index (χ4n) is 2.84. The van der Waals surface area contributed by atoms with Gasteiger partial charge in [-0.05, 0) is 43.4 Å². The smallest absolute Gasteiger partial charge is 0.243 e. The number of carbonyl (C=O) groups is 1. The molecule has 0 aliphatic heterocycles. The Labute approximate surface area is 115 Å². The van der Waals surface area contributed by atoms with Gasteiger partial charge in [-0.2, -0.15) is 0 Å². The predicted octanol–water partition coefficient (Wildman–Crippen LogP) is 3.04. The van der Waals surface area contributed by atoms with Crippen LogP contribution in [0.2, 0.25) is 0 Å². The van der Waals surface area contributed by atoms with Crippen molar-refractivity contribution in [2.24, 2.45) is 5.73 Å². The van der Waals surface area contributed by atoms with Crippen molar-refractivity contribution in [3.8, 4) is 0 Å². The summed E-state index contributed by atoms with van der Waals surface area (Å²) in [5, 5.41) is 0. The van der Waals surface area contributed by atoms with Gasteiger partial charge in [0.15, 0.2) is 0 Å². The first-order valence-electron chi connectivity index (χ1n) is 7.22. The maximum Gasteiger partial charge on any atom is 0.243 e. The van der Waals surface area contributed by atoms with Crippen LogP contribution in [-0.4, -0.2) is 19.0 Å². The summed E-state index contributed by atoms with van der Waals surface area (Å²) in [5.41, 5.74) is 7.96. The molecule has 0 bridgehead atoms. The highest BCUT2D eigenvalue weighted by atomic mass is 16.2. The number of nitrogens with two attached hydrogens (primary N) is 1. The average molecular weight is 260 g/mol. The topological polar surface area (TPSA) is 46.3 Å². The summed E-state index contributed by atoms with van der Waals surface area (Å²) >= 11 is 0. The van der Waals surface area contributed by atoms with Gasteiger partial charge < -0.3 is 10.6 Å². The van der Waals surface area contributed by atoms with Gasteiger partial charge in [0.2, 0.25) is 5.91 Å². The first kappa shape index (κ1) is 14.1. The molecule has 0 aromatic heterocycles. The first-order chi connectivity index (χ1) is 9.09. The van der Waals surface area contributed by atoms with E-state index in [1.54, 1.807) is 18.9 Å². The summed E-state index contributed by atoms with van der Waals surface area (Å²) in [6.45, 7) is 1.72. The lowest BCUT2D eigenvalue weighted by atomic mass is 9.84. The predicted molar refractivity (Wildman–Crippen MR) is 79.3 cm³/mol. The highest BCUT2D eigenvalue weighted by Crippen LogP contribution is 2.33. The molecular formula is C16H24N2O. The molecule has 104 valence electrons. The zero-order chi connectivity index (χ0) is 13.8. The van der Waals surface area contributed by atoms with Crippen LogP contribution in [0, 0.1) is 0 Å². The zero-order valence-corrected chi connectivity index (χ0v) is 11.9. The molecule has 0 saturated heterocycles. The molecule has 1 unspecified atom stereocenters. The Balaban J connectivity index is 2.07. The van der Waals surface area contributed by atoms with Gasteiger partial charge in [-0.15, -0.1) is 0 Å². The van der Waals surface area contributed by atoms with Crippen LogP contribution in [0.5, 0.6) is 0 Å². The van der Waals surface area contributed by atoms with Crippen molar-refractivity contribution in [3.05, 3.63) is 29.8 Å². The SMILES string of the molecule is CC(N)C(=O)N(C)c1ccc(C2CCCCC2)cc1. The molecule has 1 atom stereocenters. The molecule has 0 spiro atoms. The standard InChI is InChI=1S/C16H24N2O/c1-12(17)16(19)18(2)15-10-8-14(9-11-15)13-6-4-3-5-7-13/h8-13H,3-7,17H2,1-2H3. The van der Waals surface area contributed by atoms with E-state index < -0.39 is 6.04 Å². The van der Waals surface area contributed by atoms with Crippen molar-refractivity contribution in [3.63, 3.8) is 0 Å². The maximum absolute atomic E-state index is 11.8. The second kappa shape index (κ2) is 6.20. The zero-order valence-electron chi connectivity index (χ0n) is 11.9. The number of nitrogens with zero attached hydrogens (tertiary/aromatic N) is 1. The number of hydrogen-bond acceptors (Lipinski definition) is 2. The van der Waals surface area contributed by atoms with Gasteiger partial charge in [0.1, 0.15) is 0 Å². The minimum atomic E-state index is -0.456. The number of anilines is 1. The Bertz CT molecular complexity index is 419. The van der Waals surface area contributed by atoms with Crippen LogP contribution in [0.3, 0.4) is 0 Å². The van der Waals surface area contributed by atoms with Gasteiger partial charge in [-0.1, -0.05) is 31.4 Å². The number of rotatable bonds is 3. The van der Waals surface area contributed by atoms with E-state index in [0.717, 1.165) is 5.69 Å². The maximum atomic E-state index is 11.8. The van der Waals surface area contributed by atoms with Crippen molar-refractivity contribution in [1.82, 2.24) is 0 Å². The number of likely N-dealkylation sites (N-methyl/N-ethyl adjacent to an activating group) is 1. The highest BCUT2D eigenvalue weighted by Gasteiger charge is 2.17. The summed E-state index contributed by atoms with van der Waals surface area (Å²) in [6.07, 6.45) is 6.66. The number of benzene rings is 1. The van der Waals surface area contributed by atoms with E-state index in [9.17, 15) is 4.79 Å². The summed E-state index contributed by atoms with van der Waals surface area (Å²) < 4.78 is 0. The molecular weight excluding hydrogens is 236 g/mol. The third kappa shape index (κ3) is 3.35. The van der Waals surface area contributed by atoms with Crippen LogP contribution >= 0.6 is 0 Å². The molecule has 1 aliphatic rings. The quantitative estimate of drug-likeness (QED) is 0.908. The van der Waals surface area contributed by atoms with Gasteiger partial charge in [-0.3, -0.25) is 4.79 Å². The molecule has 1 aliphatic carbocycles. The van der Waals surface area contributed by atoms with Gasteiger partial charge in [0.05, 0.1) is 6.04 Å². The Morgan fingerprint density at radius 3 is 2.32 bits per heavy atom. The highest BCUT2D eigenvalue weighted by molar-refractivity contribution is 5.96. The average Bonchev–Trinajstić information content (AvgIpc) is 2.46. The molecule has 1 saturated carbocycles. The Morgan fingerprint density at radius 2 is 1.79 bits per heavy atom. The van der Waals surface area contributed by atoms with Crippen LogP contribution in [0.4, 0.5) is 5.69 Å². The third-order valence-electron chi connectivity index (χ3n) is 4.08. The number of hydrogen-bond donors (Lipinski definition) is 1. The van der Waals surface area contributed by atoms with Crippen molar-refractivity contribution < 1.29 is 4.79 Å². The van der Waals surface area contributed by atoms with Gasteiger partial charge in [0.25, 0.3) is 0 Å². The van der Waals surface area contributed by atoms with Gasteiger partial charge in [0, 0.05) is 12.7 Å². The second-order valence-electron chi connectivity index (χ2n) is 5.61. The van der Waals surface area contributed by atoms with E-state index in [0.29, 0.717) is 5.92 Å². The summed E-state index contributed by atoms with van der Waals surface area (Å²) in [6, 6.07) is 7.93. The molecule has 1 aromatic carbocycles. The fourth-order valence-corrected chi connectivity index (χ4v) is 2.84. The Hall–Kier alpha value is -1.35. The number of carbonyl (C=O) groups excluding carboxylic acids is 1. The molecule has 0 radical (unpaired) electrons. The molecule has 2 rings (SSSR count). The van der Waals surface area contributed by atoms with Crippen LogP contribution in [0.15, 0.2) is 24.3 Å². The molecule has 1 amide bonds. The summed E-state index contributed by atoms with van der Waals surface area (Å²) in [7, 11) is 1.78. The van der Waals surface area contributed by atoms with Crippen molar-refractivity contribution in [1.29, 1.82) is 0 Å². The Kier molecular flexibility index (Phi) is 4.59. The third-order valence-corrected chi connectivity index (χ3v) is 4.08. The lowest BCUT2D eigenvalue weighted by molar-refractivity contribution is -0.119. The normalized spacial score (nSPS) is 18.1. The molecule has 1 aromatic rings. The number of amides is 1.